The molecule has 0 spiro atoms. The quantitative estimate of drug-likeness (QED) is 0.445. The van der Waals surface area contributed by atoms with Gasteiger partial charge < -0.3 is 5.43 Å². The summed E-state index contributed by atoms with van der Waals surface area (Å²) in [5.41, 5.74) is 2.15. The maximum Gasteiger partial charge on any atom is 0.270 e. The zero-order valence-corrected chi connectivity index (χ0v) is 12.5. The highest BCUT2D eigenvalue weighted by Crippen LogP contribution is 2.33. The van der Waals surface area contributed by atoms with Crippen LogP contribution in [-0.2, 0) is 10.0 Å². The van der Waals surface area contributed by atoms with Gasteiger partial charge in [0.25, 0.3) is 5.69 Å². The maximum atomic E-state index is 12.7. The van der Waals surface area contributed by atoms with Gasteiger partial charge in [0.15, 0.2) is 0 Å². The van der Waals surface area contributed by atoms with Crippen molar-refractivity contribution < 1.29 is 13.3 Å². The number of nitrogens with zero attached hydrogens (tertiary/aromatic N) is 2. The fourth-order valence-electron chi connectivity index (χ4n) is 2.08. The van der Waals surface area contributed by atoms with Crippen molar-refractivity contribution in [3.05, 3.63) is 28.3 Å². The number of nitrogens with one attached hydrogen (secondary N) is 1. The Morgan fingerprint density at radius 2 is 2.14 bits per heavy atom. The number of nitrogens with two attached hydrogens (primary N) is 1. The second-order valence-corrected chi connectivity index (χ2v) is 6.89. The Hall–Kier alpha value is -1.71. The lowest BCUT2D eigenvalue weighted by atomic mass is 10.3. The highest BCUT2D eigenvalue weighted by atomic mass is 32.2. The molecule has 1 aromatic rings. The minimum atomic E-state index is -3.82. The van der Waals surface area contributed by atoms with E-state index in [4.69, 9.17) is 5.84 Å². The van der Waals surface area contributed by atoms with Crippen LogP contribution in [0.5, 0.6) is 0 Å². The predicted molar refractivity (Wildman–Crippen MR) is 78.1 cm³/mol. The van der Waals surface area contributed by atoms with E-state index in [9.17, 15) is 18.5 Å². The van der Waals surface area contributed by atoms with Crippen molar-refractivity contribution in [2.45, 2.75) is 24.7 Å². The SMILES string of the molecule is CCN(CC1CC1)S(=O)(=O)c1cc([N+](=O)[O-])ccc1NN. The van der Waals surface area contributed by atoms with Crippen LogP contribution in [0.15, 0.2) is 23.1 Å². The lowest BCUT2D eigenvalue weighted by Crippen LogP contribution is -2.33. The monoisotopic (exact) mass is 314 g/mol. The summed E-state index contributed by atoms with van der Waals surface area (Å²) in [7, 11) is -3.82. The van der Waals surface area contributed by atoms with E-state index in [0.29, 0.717) is 19.0 Å². The molecule has 9 heteroatoms. The predicted octanol–water partition coefficient (Wildman–Crippen LogP) is 1.30. The number of anilines is 1. The first-order chi connectivity index (χ1) is 9.90. The van der Waals surface area contributed by atoms with Crippen LogP contribution in [0.4, 0.5) is 11.4 Å². The van der Waals surface area contributed by atoms with Gasteiger partial charge in [0, 0.05) is 25.2 Å². The van der Waals surface area contributed by atoms with Crippen LogP contribution >= 0.6 is 0 Å². The van der Waals surface area contributed by atoms with Crippen molar-refractivity contribution in [1.29, 1.82) is 0 Å². The number of nitrogen functional groups attached to an aromatic ring is 1. The summed E-state index contributed by atoms with van der Waals surface area (Å²) >= 11 is 0. The zero-order valence-electron chi connectivity index (χ0n) is 11.7. The molecule has 1 aliphatic rings. The number of hydrogen-bond acceptors (Lipinski definition) is 6. The first kappa shape index (κ1) is 15.7. The number of nitro groups is 1. The van der Waals surface area contributed by atoms with E-state index < -0.39 is 14.9 Å². The molecule has 0 atom stereocenters. The third-order valence-electron chi connectivity index (χ3n) is 3.46. The number of nitro benzene ring substituents is 1. The Morgan fingerprint density at radius 1 is 1.48 bits per heavy atom. The van der Waals surface area contributed by atoms with Gasteiger partial charge in [-0.25, -0.2) is 8.42 Å². The molecule has 0 amide bonds. The second-order valence-electron chi connectivity index (χ2n) is 4.98. The maximum absolute atomic E-state index is 12.7. The third kappa shape index (κ3) is 3.31. The van der Waals surface area contributed by atoms with Gasteiger partial charge in [-0.3, -0.25) is 16.0 Å². The largest absolute Gasteiger partial charge is 0.323 e. The van der Waals surface area contributed by atoms with Gasteiger partial charge in [0.2, 0.25) is 10.0 Å². The molecule has 0 saturated heterocycles. The van der Waals surface area contributed by atoms with Crippen LogP contribution in [0.2, 0.25) is 0 Å². The molecule has 0 heterocycles. The van der Waals surface area contributed by atoms with Crippen molar-refractivity contribution in [1.82, 2.24) is 4.31 Å². The van der Waals surface area contributed by atoms with Crippen molar-refractivity contribution in [2.75, 3.05) is 18.5 Å². The summed E-state index contributed by atoms with van der Waals surface area (Å²) in [5.74, 6) is 5.71. The first-order valence-corrected chi connectivity index (χ1v) is 8.09. The van der Waals surface area contributed by atoms with E-state index >= 15 is 0 Å². The van der Waals surface area contributed by atoms with Crippen molar-refractivity contribution in [3.8, 4) is 0 Å². The molecular formula is C12H18N4O4S. The lowest BCUT2D eigenvalue weighted by molar-refractivity contribution is -0.385. The minimum absolute atomic E-state index is 0.148. The van der Waals surface area contributed by atoms with E-state index in [1.807, 2.05) is 0 Å². The summed E-state index contributed by atoms with van der Waals surface area (Å²) in [4.78, 5) is 10.1. The zero-order chi connectivity index (χ0) is 15.6. The average molecular weight is 314 g/mol. The summed E-state index contributed by atoms with van der Waals surface area (Å²) in [5, 5.41) is 10.9. The summed E-state index contributed by atoms with van der Waals surface area (Å²) < 4.78 is 26.7. The molecule has 21 heavy (non-hydrogen) atoms. The van der Waals surface area contributed by atoms with Crippen molar-refractivity contribution >= 4 is 21.4 Å². The number of benzene rings is 1. The molecule has 1 fully saturated rings. The molecule has 3 N–H and O–H groups in total. The smallest absolute Gasteiger partial charge is 0.270 e. The fourth-order valence-corrected chi connectivity index (χ4v) is 3.78. The van der Waals surface area contributed by atoms with Crippen LogP contribution in [-0.4, -0.2) is 30.7 Å². The molecular weight excluding hydrogens is 296 g/mol. The summed E-state index contributed by atoms with van der Waals surface area (Å²) in [6.45, 7) is 2.49. The van der Waals surface area contributed by atoms with Crippen molar-refractivity contribution in [3.63, 3.8) is 0 Å². The molecule has 1 saturated carbocycles. The molecule has 2 rings (SSSR count). The van der Waals surface area contributed by atoms with Gasteiger partial charge in [-0.05, 0) is 24.8 Å². The molecule has 1 aromatic carbocycles. The van der Waals surface area contributed by atoms with Gasteiger partial charge in [0.1, 0.15) is 4.90 Å². The van der Waals surface area contributed by atoms with Gasteiger partial charge in [-0.15, -0.1) is 0 Å². The van der Waals surface area contributed by atoms with Crippen LogP contribution in [0.3, 0.4) is 0 Å². The van der Waals surface area contributed by atoms with Crippen LogP contribution < -0.4 is 11.3 Å². The van der Waals surface area contributed by atoms with Crippen LogP contribution in [0, 0.1) is 16.0 Å². The fraction of sp³-hybridized carbons (Fsp3) is 0.500. The molecule has 0 unspecified atom stereocenters. The Morgan fingerprint density at radius 3 is 2.62 bits per heavy atom. The van der Waals surface area contributed by atoms with Gasteiger partial charge in [-0.2, -0.15) is 4.31 Å². The highest BCUT2D eigenvalue weighted by molar-refractivity contribution is 7.89. The van der Waals surface area contributed by atoms with E-state index in [-0.39, 0.29) is 16.3 Å². The molecule has 0 aromatic heterocycles. The Balaban J connectivity index is 2.45. The molecule has 116 valence electrons. The molecule has 0 radical (unpaired) electrons. The lowest BCUT2D eigenvalue weighted by Gasteiger charge is -2.21. The Bertz CT molecular complexity index is 643. The molecule has 8 nitrogen and oxygen atoms in total. The number of hydrazine groups is 1. The number of hydrogen-bond donors (Lipinski definition) is 2. The van der Waals surface area contributed by atoms with E-state index in [1.165, 1.54) is 16.4 Å². The second kappa shape index (κ2) is 5.96. The molecule has 0 bridgehead atoms. The van der Waals surface area contributed by atoms with Gasteiger partial charge in [0.05, 0.1) is 10.6 Å². The number of non-ortho nitro benzene ring substituents is 1. The first-order valence-electron chi connectivity index (χ1n) is 6.65. The molecule has 0 aliphatic heterocycles. The third-order valence-corrected chi connectivity index (χ3v) is 5.44. The van der Waals surface area contributed by atoms with E-state index in [1.54, 1.807) is 6.92 Å². The normalized spacial score (nSPS) is 15.2. The Labute approximate surface area is 123 Å². The highest BCUT2D eigenvalue weighted by Gasteiger charge is 2.32. The molecule has 1 aliphatic carbocycles. The standard InChI is InChI=1S/C12H18N4O4S/c1-2-15(8-9-3-4-9)21(19,20)12-7-10(16(17)18)5-6-11(12)14-13/h5-7,9,14H,2-4,8,13H2,1H3. The van der Waals surface area contributed by atoms with Crippen LogP contribution in [0.25, 0.3) is 0 Å². The Kier molecular flexibility index (Phi) is 4.45. The van der Waals surface area contributed by atoms with Gasteiger partial charge in [-0.1, -0.05) is 6.92 Å². The summed E-state index contributed by atoms with van der Waals surface area (Å²) in [6.07, 6.45) is 2.03. The van der Waals surface area contributed by atoms with Gasteiger partial charge >= 0.3 is 0 Å². The van der Waals surface area contributed by atoms with Crippen molar-refractivity contribution in [2.24, 2.45) is 11.8 Å². The van der Waals surface area contributed by atoms with E-state index in [0.717, 1.165) is 18.9 Å². The number of rotatable bonds is 7. The average Bonchev–Trinajstić information content (AvgIpc) is 3.27. The minimum Gasteiger partial charge on any atom is -0.323 e. The summed E-state index contributed by atoms with van der Waals surface area (Å²) in [6, 6.07) is 3.56. The van der Waals surface area contributed by atoms with E-state index in [2.05, 4.69) is 5.43 Å². The number of sulfonamides is 1. The topological polar surface area (TPSA) is 119 Å². The van der Waals surface area contributed by atoms with Crippen LogP contribution in [0.1, 0.15) is 19.8 Å².